The molecule has 4 rings (SSSR count). The Labute approximate surface area is 203 Å². The Balaban J connectivity index is 1.82. The van der Waals surface area contributed by atoms with E-state index in [-0.39, 0.29) is 5.56 Å². The molecular formula is C24H20F2O9S. The molecule has 1 aliphatic rings. The zero-order chi connectivity index (χ0) is 26.5. The molecule has 0 amide bonds. The molecule has 1 fully saturated rings. The Morgan fingerprint density at radius 3 is 2.14 bits per heavy atom. The van der Waals surface area contributed by atoms with Crippen LogP contribution in [0.1, 0.15) is 20.7 Å². The molecule has 1 unspecified atom stereocenters. The van der Waals surface area contributed by atoms with Gasteiger partial charge in [-0.15, -0.1) is 0 Å². The highest BCUT2D eigenvalue weighted by atomic mass is 32.2. The van der Waals surface area contributed by atoms with E-state index in [1.807, 2.05) is 0 Å². The SMILES string of the molecule is CS(=O)(=O)O[C@]1(O)O[C@H](C(O)C(=O)c2ccc3ccccc3c2)[C@](O)(C(=O)c2ccccc2)C1(F)F. The Morgan fingerprint density at radius 1 is 0.944 bits per heavy atom. The number of ketones is 2. The minimum absolute atomic E-state index is 0.193. The van der Waals surface area contributed by atoms with E-state index in [2.05, 4.69) is 8.92 Å². The van der Waals surface area contributed by atoms with Crippen molar-refractivity contribution < 1.29 is 51.0 Å². The van der Waals surface area contributed by atoms with Crippen molar-refractivity contribution in [3.05, 3.63) is 83.9 Å². The summed E-state index contributed by atoms with van der Waals surface area (Å²) in [5, 5.41) is 33.6. The Morgan fingerprint density at radius 2 is 1.53 bits per heavy atom. The topological polar surface area (TPSA) is 147 Å². The molecule has 0 spiro atoms. The number of halogens is 2. The number of alkyl halides is 2. The molecule has 0 radical (unpaired) electrons. The fourth-order valence-electron chi connectivity index (χ4n) is 4.05. The van der Waals surface area contributed by atoms with Gasteiger partial charge in [0.2, 0.25) is 11.4 Å². The molecule has 9 nitrogen and oxygen atoms in total. The first kappa shape index (κ1) is 25.9. The number of carbonyl (C=O) groups excluding carboxylic acids is 2. The van der Waals surface area contributed by atoms with Crippen LogP contribution in [-0.2, 0) is 19.0 Å². The zero-order valence-corrected chi connectivity index (χ0v) is 19.4. The van der Waals surface area contributed by atoms with Gasteiger partial charge in [0, 0.05) is 11.1 Å². The van der Waals surface area contributed by atoms with Crippen LogP contribution in [0.2, 0.25) is 0 Å². The normalized spacial score (nSPS) is 26.6. The first-order chi connectivity index (χ1) is 16.7. The van der Waals surface area contributed by atoms with E-state index in [1.54, 1.807) is 24.3 Å². The summed E-state index contributed by atoms with van der Waals surface area (Å²) in [6.45, 7) is 0. The van der Waals surface area contributed by atoms with E-state index in [0.29, 0.717) is 11.6 Å². The summed E-state index contributed by atoms with van der Waals surface area (Å²) in [6.07, 6.45) is -5.19. The fraction of sp³-hybridized carbons (Fsp3) is 0.250. The van der Waals surface area contributed by atoms with Crippen molar-refractivity contribution in [1.82, 2.24) is 0 Å². The van der Waals surface area contributed by atoms with Crippen molar-refractivity contribution in [2.75, 3.05) is 6.26 Å². The number of ether oxygens (including phenoxy) is 1. The van der Waals surface area contributed by atoms with Gasteiger partial charge in [-0.2, -0.15) is 17.2 Å². The smallest absolute Gasteiger partial charge is 0.366 e. The quantitative estimate of drug-likeness (QED) is 0.239. The molecule has 3 aromatic carbocycles. The number of hydrogen-bond donors (Lipinski definition) is 3. The third-order valence-electron chi connectivity index (χ3n) is 5.81. The van der Waals surface area contributed by atoms with Crippen LogP contribution in [0.4, 0.5) is 8.78 Å². The number of aliphatic hydroxyl groups is 3. The maximum atomic E-state index is 15.5. The Bertz CT molecular complexity index is 1440. The first-order valence-electron chi connectivity index (χ1n) is 10.4. The Kier molecular flexibility index (Phi) is 6.32. The van der Waals surface area contributed by atoms with Gasteiger partial charge in [-0.05, 0) is 16.8 Å². The molecule has 190 valence electrons. The van der Waals surface area contributed by atoms with Crippen LogP contribution >= 0.6 is 0 Å². The van der Waals surface area contributed by atoms with Crippen molar-refractivity contribution in [2.45, 2.75) is 29.7 Å². The van der Waals surface area contributed by atoms with Crippen molar-refractivity contribution in [3.8, 4) is 0 Å². The molecule has 12 heteroatoms. The predicted molar refractivity (Wildman–Crippen MR) is 121 cm³/mol. The van der Waals surface area contributed by atoms with Crippen LogP contribution in [-0.4, -0.2) is 71.3 Å². The van der Waals surface area contributed by atoms with Crippen LogP contribution in [0.25, 0.3) is 10.8 Å². The third-order valence-corrected chi connectivity index (χ3v) is 6.34. The highest BCUT2D eigenvalue weighted by Crippen LogP contribution is 2.53. The van der Waals surface area contributed by atoms with E-state index in [1.165, 1.54) is 36.4 Å². The molecule has 0 saturated carbocycles. The molecule has 1 saturated heterocycles. The molecule has 4 atom stereocenters. The number of carbonyl (C=O) groups is 2. The minimum Gasteiger partial charge on any atom is -0.382 e. The molecule has 36 heavy (non-hydrogen) atoms. The first-order valence-corrected chi connectivity index (χ1v) is 12.2. The summed E-state index contributed by atoms with van der Waals surface area (Å²) in [7, 11) is -4.87. The fourth-order valence-corrected chi connectivity index (χ4v) is 4.61. The molecule has 0 aromatic heterocycles. The number of fused-ring (bicyclic) bond motifs is 1. The predicted octanol–water partition coefficient (Wildman–Crippen LogP) is 1.65. The molecule has 1 heterocycles. The summed E-state index contributed by atoms with van der Waals surface area (Å²) >= 11 is 0. The third kappa shape index (κ3) is 4.11. The average Bonchev–Trinajstić information content (AvgIpc) is 2.99. The van der Waals surface area contributed by atoms with Gasteiger partial charge in [0.15, 0.2) is 5.78 Å². The van der Waals surface area contributed by atoms with Gasteiger partial charge >= 0.3 is 11.9 Å². The lowest BCUT2D eigenvalue weighted by molar-refractivity contribution is -0.383. The van der Waals surface area contributed by atoms with E-state index in [9.17, 15) is 33.3 Å². The van der Waals surface area contributed by atoms with Crippen LogP contribution < -0.4 is 0 Å². The van der Waals surface area contributed by atoms with E-state index < -0.39 is 57.0 Å². The summed E-state index contributed by atoms with van der Waals surface area (Å²) in [4.78, 5) is 26.2. The molecule has 0 bridgehead atoms. The van der Waals surface area contributed by atoms with Gasteiger partial charge in [-0.3, -0.25) is 9.59 Å². The van der Waals surface area contributed by atoms with Gasteiger partial charge in [0.25, 0.3) is 10.1 Å². The largest absolute Gasteiger partial charge is 0.382 e. The minimum atomic E-state index is -5.18. The monoisotopic (exact) mass is 522 g/mol. The molecule has 1 aliphatic heterocycles. The van der Waals surface area contributed by atoms with Crippen LogP contribution in [0.3, 0.4) is 0 Å². The van der Waals surface area contributed by atoms with Gasteiger partial charge in [0.1, 0.15) is 12.2 Å². The summed E-state index contributed by atoms with van der Waals surface area (Å²) in [5.41, 5.74) is -4.82. The lowest BCUT2D eigenvalue weighted by atomic mass is 9.79. The second-order valence-corrected chi connectivity index (χ2v) is 9.89. The van der Waals surface area contributed by atoms with E-state index >= 15 is 8.78 Å². The number of benzene rings is 3. The standard InChI is InChI=1S/C24H20F2O9S/c1-36(32,33)35-24(31)23(25,26)22(30,20(29)15-8-3-2-4-9-15)21(34-24)19(28)18(27)17-12-11-14-7-5-6-10-16(14)13-17/h2-13,19,21,28,30-31H,1H3/t19?,21-,22-,24-/m1/s1. The van der Waals surface area contributed by atoms with Crippen molar-refractivity contribution in [3.63, 3.8) is 0 Å². The van der Waals surface area contributed by atoms with Crippen LogP contribution in [0.15, 0.2) is 72.8 Å². The summed E-state index contributed by atoms with van der Waals surface area (Å²) in [6, 6.07) is 17.1. The van der Waals surface area contributed by atoms with Gasteiger partial charge < -0.3 is 20.1 Å². The second kappa shape index (κ2) is 8.76. The highest BCUT2D eigenvalue weighted by molar-refractivity contribution is 7.86. The number of rotatable bonds is 7. The summed E-state index contributed by atoms with van der Waals surface area (Å²) in [5.74, 6) is -12.6. The average molecular weight is 522 g/mol. The number of Topliss-reactive ketones (excluding diaryl/α,β-unsaturated/α-hetero) is 2. The van der Waals surface area contributed by atoms with Gasteiger partial charge in [-0.25, -0.2) is 4.18 Å². The molecule has 3 N–H and O–H groups in total. The second-order valence-electron chi connectivity index (χ2n) is 8.31. The van der Waals surface area contributed by atoms with Crippen molar-refractivity contribution in [2.24, 2.45) is 0 Å². The van der Waals surface area contributed by atoms with Crippen LogP contribution in [0.5, 0.6) is 0 Å². The maximum Gasteiger partial charge on any atom is 0.366 e. The van der Waals surface area contributed by atoms with E-state index in [4.69, 9.17) is 0 Å². The maximum absolute atomic E-state index is 15.5. The highest BCUT2D eigenvalue weighted by Gasteiger charge is 2.83. The lowest BCUT2D eigenvalue weighted by Gasteiger charge is -2.33. The molecular weight excluding hydrogens is 502 g/mol. The summed E-state index contributed by atoms with van der Waals surface area (Å²) < 4.78 is 62.9. The van der Waals surface area contributed by atoms with Crippen molar-refractivity contribution in [1.29, 1.82) is 0 Å². The van der Waals surface area contributed by atoms with Gasteiger partial charge in [-0.1, -0.05) is 66.7 Å². The molecule has 0 aliphatic carbocycles. The molecule has 3 aromatic rings. The zero-order valence-electron chi connectivity index (χ0n) is 18.5. The number of aliphatic hydroxyl groups excluding tert-OH is 1. The lowest BCUT2D eigenvalue weighted by Crippen LogP contribution is -2.65. The van der Waals surface area contributed by atoms with Crippen molar-refractivity contribution >= 4 is 32.5 Å². The van der Waals surface area contributed by atoms with E-state index in [0.717, 1.165) is 17.5 Å². The number of hydrogen-bond acceptors (Lipinski definition) is 9. The van der Waals surface area contributed by atoms with Crippen LogP contribution in [0, 0.1) is 0 Å². The van der Waals surface area contributed by atoms with Gasteiger partial charge in [0.05, 0.1) is 6.26 Å². The Hall–Kier alpha value is -3.13.